The van der Waals surface area contributed by atoms with Gasteiger partial charge in [0.25, 0.3) is 0 Å². The van der Waals surface area contributed by atoms with E-state index in [1.165, 1.54) is 0 Å². The van der Waals surface area contributed by atoms with Crippen molar-refractivity contribution in [2.24, 2.45) is 11.8 Å². The summed E-state index contributed by atoms with van der Waals surface area (Å²) in [4.78, 5) is 12.9. The molecule has 6 nitrogen and oxygen atoms in total. The zero-order valence-corrected chi connectivity index (χ0v) is 16.7. The maximum atomic E-state index is 12.9. The van der Waals surface area contributed by atoms with Crippen LogP contribution in [0.25, 0.3) is 0 Å². The van der Waals surface area contributed by atoms with Crippen molar-refractivity contribution < 1.29 is 17.9 Å². The van der Waals surface area contributed by atoms with E-state index in [0.29, 0.717) is 18.2 Å². The molecular formula is C20H28N2O4S. The summed E-state index contributed by atoms with van der Waals surface area (Å²) in [5.74, 6) is 0.720. The number of carbonyl (C=O) groups excluding carboxylic acids is 1. The first kappa shape index (κ1) is 18.7. The molecule has 3 atom stereocenters. The van der Waals surface area contributed by atoms with Crippen molar-refractivity contribution in [1.82, 2.24) is 4.31 Å². The van der Waals surface area contributed by atoms with Crippen molar-refractivity contribution >= 4 is 21.6 Å². The third-order valence-corrected chi connectivity index (χ3v) is 8.22. The zero-order chi connectivity index (χ0) is 19.2. The number of nitrogens with zero attached hydrogens (tertiary/aromatic N) is 1. The second-order valence-electron chi connectivity index (χ2n) is 8.35. The molecule has 1 N–H and O–H groups in total. The lowest BCUT2D eigenvalue weighted by atomic mass is 9.73. The van der Waals surface area contributed by atoms with Crippen LogP contribution in [0.5, 0.6) is 5.75 Å². The summed E-state index contributed by atoms with van der Waals surface area (Å²) in [6.07, 6.45) is 4.21. The molecule has 0 radical (unpaired) electrons. The number of fused-ring (bicyclic) bond motifs is 3. The average Bonchev–Trinajstić information content (AvgIpc) is 3.49. The molecule has 1 amide bonds. The Bertz CT molecular complexity index is 802. The lowest BCUT2D eigenvalue weighted by molar-refractivity contribution is -0.125. The van der Waals surface area contributed by atoms with E-state index < -0.39 is 10.0 Å². The Kier molecular flexibility index (Phi) is 4.93. The molecule has 0 unspecified atom stereocenters. The van der Waals surface area contributed by atoms with Gasteiger partial charge in [0.05, 0.1) is 17.3 Å². The van der Waals surface area contributed by atoms with Crippen LogP contribution in [0, 0.1) is 11.8 Å². The van der Waals surface area contributed by atoms with Gasteiger partial charge in [0.15, 0.2) is 0 Å². The fraction of sp³-hybridized carbons (Fsp3) is 0.650. The zero-order valence-electron chi connectivity index (χ0n) is 15.9. The van der Waals surface area contributed by atoms with Crippen LogP contribution < -0.4 is 10.1 Å². The van der Waals surface area contributed by atoms with Gasteiger partial charge in [-0.05, 0) is 76.1 Å². The molecule has 0 spiro atoms. The first-order valence-electron chi connectivity index (χ1n) is 9.93. The lowest BCUT2D eigenvalue weighted by Crippen LogP contribution is -2.58. The monoisotopic (exact) mass is 392 g/mol. The number of nitrogens with one attached hydrogen (secondary N) is 1. The maximum Gasteiger partial charge on any atom is 0.229 e. The van der Waals surface area contributed by atoms with Crippen molar-refractivity contribution in [2.75, 3.05) is 11.9 Å². The van der Waals surface area contributed by atoms with Crippen LogP contribution in [0.3, 0.4) is 0 Å². The Morgan fingerprint density at radius 2 is 1.85 bits per heavy atom. The topological polar surface area (TPSA) is 75.7 Å². The minimum atomic E-state index is -3.24. The van der Waals surface area contributed by atoms with Crippen molar-refractivity contribution in [1.29, 1.82) is 0 Å². The van der Waals surface area contributed by atoms with Crippen LogP contribution in [-0.2, 0) is 14.8 Å². The van der Waals surface area contributed by atoms with Gasteiger partial charge in [-0.15, -0.1) is 0 Å². The number of benzene rings is 1. The summed E-state index contributed by atoms with van der Waals surface area (Å²) in [7, 11) is -3.24. The van der Waals surface area contributed by atoms with Gasteiger partial charge in [0.2, 0.25) is 15.9 Å². The van der Waals surface area contributed by atoms with Gasteiger partial charge in [-0.1, -0.05) is 0 Å². The molecule has 4 aliphatic rings. The molecule has 148 valence electrons. The van der Waals surface area contributed by atoms with E-state index in [2.05, 4.69) is 5.32 Å². The molecule has 2 saturated carbocycles. The van der Waals surface area contributed by atoms with E-state index in [1.54, 1.807) is 4.31 Å². The molecule has 0 aromatic heterocycles. The fourth-order valence-electron chi connectivity index (χ4n) is 4.40. The van der Waals surface area contributed by atoms with E-state index in [9.17, 15) is 13.2 Å². The summed E-state index contributed by atoms with van der Waals surface area (Å²) in [6.45, 7) is 4.53. The normalized spacial score (nSPS) is 28.3. The number of hydrogen-bond donors (Lipinski definition) is 1. The van der Waals surface area contributed by atoms with Gasteiger partial charge < -0.3 is 10.1 Å². The number of sulfonamides is 1. The second kappa shape index (κ2) is 7.09. The smallest absolute Gasteiger partial charge is 0.229 e. The SMILES string of the molecule is CC(C)Oc1ccc(NC(=O)[C@@H]2C[C@H]3CC[C@H]2N(S(=O)(=O)C2CC2)C3)cc1. The van der Waals surface area contributed by atoms with E-state index in [-0.39, 0.29) is 29.2 Å². The number of rotatable bonds is 6. The molecule has 5 rings (SSSR count). The van der Waals surface area contributed by atoms with Crippen molar-refractivity contribution in [3.05, 3.63) is 24.3 Å². The summed E-state index contributed by atoms with van der Waals surface area (Å²) in [5.41, 5.74) is 0.717. The number of hydrogen-bond acceptors (Lipinski definition) is 4. The lowest BCUT2D eigenvalue weighted by Gasteiger charge is -2.48. The first-order valence-corrected chi connectivity index (χ1v) is 11.4. The molecule has 4 fully saturated rings. The molecule has 2 aliphatic carbocycles. The van der Waals surface area contributed by atoms with Crippen molar-refractivity contribution in [3.63, 3.8) is 0 Å². The summed E-state index contributed by atoms with van der Waals surface area (Å²) >= 11 is 0. The third kappa shape index (κ3) is 3.85. The summed E-state index contributed by atoms with van der Waals surface area (Å²) in [5, 5.41) is 2.76. The van der Waals surface area contributed by atoms with E-state index >= 15 is 0 Å². The van der Waals surface area contributed by atoms with Crippen molar-refractivity contribution in [3.8, 4) is 5.75 Å². The van der Waals surface area contributed by atoms with E-state index in [1.807, 2.05) is 38.1 Å². The van der Waals surface area contributed by atoms with Crippen LogP contribution in [0.4, 0.5) is 5.69 Å². The van der Waals surface area contributed by atoms with Gasteiger partial charge >= 0.3 is 0 Å². The minimum Gasteiger partial charge on any atom is -0.491 e. The second-order valence-corrected chi connectivity index (χ2v) is 10.5. The van der Waals surface area contributed by atoms with Crippen LogP contribution in [0.15, 0.2) is 24.3 Å². The highest BCUT2D eigenvalue weighted by molar-refractivity contribution is 7.90. The first-order chi connectivity index (χ1) is 12.8. The summed E-state index contributed by atoms with van der Waals surface area (Å²) in [6, 6.07) is 7.15. The van der Waals surface area contributed by atoms with Crippen molar-refractivity contribution in [2.45, 2.75) is 63.3 Å². The minimum absolute atomic E-state index is 0.0714. The van der Waals surface area contributed by atoms with Gasteiger partial charge in [-0.2, -0.15) is 4.31 Å². The van der Waals surface area contributed by atoms with Gasteiger partial charge in [0, 0.05) is 18.3 Å². The Hall–Kier alpha value is -1.60. The molecule has 2 saturated heterocycles. The highest BCUT2D eigenvalue weighted by Gasteiger charge is 2.51. The summed E-state index contributed by atoms with van der Waals surface area (Å²) < 4.78 is 32.8. The van der Waals surface area contributed by atoms with Crippen LogP contribution in [0.1, 0.15) is 46.0 Å². The highest BCUT2D eigenvalue weighted by Crippen LogP contribution is 2.44. The van der Waals surface area contributed by atoms with Crippen LogP contribution in [-0.4, -0.2) is 42.6 Å². The molecule has 1 aromatic rings. The molecule has 7 heteroatoms. The predicted octanol–water partition coefficient (Wildman–Crippen LogP) is 3.01. The van der Waals surface area contributed by atoms with Gasteiger partial charge in [-0.25, -0.2) is 8.42 Å². The third-order valence-electron chi connectivity index (χ3n) is 5.83. The van der Waals surface area contributed by atoms with E-state index in [4.69, 9.17) is 4.74 Å². The number of amides is 1. The molecule has 2 aliphatic heterocycles. The molecule has 2 heterocycles. The number of piperidine rings is 2. The molecule has 2 bridgehead atoms. The quantitative estimate of drug-likeness (QED) is 0.807. The molecular weight excluding hydrogens is 364 g/mol. The standard InChI is InChI=1S/C20H28N2O4S/c1-13(2)26-16-6-4-15(5-7-16)21-20(23)18-11-14-3-10-19(18)22(12-14)27(24,25)17-8-9-17/h4-7,13-14,17-19H,3,8-12H2,1-2H3,(H,21,23)/t14-,18-,19-/m1/s1. The van der Waals surface area contributed by atoms with Crippen LogP contribution >= 0.6 is 0 Å². The molecule has 1 aromatic carbocycles. The Balaban J connectivity index is 1.45. The van der Waals surface area contributed by atoms with Gasteiger partial charge in [0.1, 0.15) is 5.75 Å². The van der Waals surface area contributed by atoms with Crippen LogP contribution in [0.2, 0.25) is 0 Å². The van der Waals surface area contributed by atoms with Gasteiger partial charge in [-0.3, -0.25) is 4.79 Å². The maximum absolute atomic E-state index is 12.9. The molecule has 27 heavy (non-hydrogen) atoms. The Morgan fingerprint density at radius 1 is 1.15 bits per heavy atom. The Labute approximate surface area is 161 Å². The Morgan fingerprint density at radius 3 is 2.44 bits per heavy atom. The number of anilines is 1. The average molecular weight is 393 g/mol. The fourth-order valence-corrected chi connectivity index (χ4v) is 6.56. The number of ether oxygens (including phenoxy) is 1. The number of carbonyl (C=O) groups is 1. The largest absolute Gasteiger partial charge is 0.491 e. The predicted molar refractivity (Wildman–Crippen MR) is 104 cm³/mol. The highest BCUT2D eigenvalue weighted by atomic mass is 32.2. The van der Waals surface area contributed by atoms with E-state index in [0.717, 1.165) is 37.9 Å².